The van der Waals surface area contributed by atoms with Crippen molar-refractivity contribution in [1.82, 2.24) is 14.9 Å². The van der Waals surface area contributed by atoms with E-state index in [4.69, 9.17) is 10.5 Å². The zero-order chi connectivity index (χ0) is 18.0. The highest BCUT2D eigenvalue weighted by molar-refractivity contribution is 5.36. The number of alkyl halides is 1. The third-order valence-electron chi connectivity index (χ3n) is 4.73. The normalized spacial score (nSPS) is 29.1. The fourth-order valence-electron chi connectivity index (χ4n) is 3.20. The van der Waals surface area contributed by atoms with Gasteiger partial charge >= 0.3 is 0 Å². The summed E-state index contributed by atoms with van der Waals surface area (Å²) in [5, 5.41) is 0. The molecule has 7 heteroatoms. The molecule has 3 heterocycles. The fraction of sp³-hybridized carbons (Fsp3) is 0.556. The molecule has 0 spiro atoms. The Morgan fingerprint density at radius 2 is 2.32 bits per heavy atom. The highest BCUT2D eigenvalue weighted by Gasteiger charge is 2.34. The predicted molar refractivity (Wildman–Crippen MR) is 95.7 cm³/mol. The maximum atomic E-state index is 14.3. The Morgan fingerprint density at radius 1 is 1.52 bits per heavy atom. The van der Waals surface area contributed by atoms with Crippen LogP contribution in [0.1, 0.15) is 31.6 Å². The molecule has 0 bridgehead atoms. The average Bonchev–Trinajstić information content (AvgIpc) is 2.56. The minimum Gasteiger partial charge on any atom is -0.399 e. The van der Waals surface area contributed by atoms with Crippen molar-refractivity contribution in [3.63, 3.8) is 0 Å². The first kappa shape index (κ1) is 17.7. The largest absolute Gasteiger partial charge is 0.399 e. The van der Waals surface area contributed by atoms with E-state index >= 15 is 0 Å². The van der Waals surface area contributed by atoms with Crippen LogP contribution >= 0.6 is 0 Å². The minimum atomic E-state index is -1.21. The van der Waals surface area contributed by atoms with Crippen molar-refractivity contribution in [3.05, 3.63) is 42.0 Å². The van der Waals surface area contributed by atoms with E-state index < -0.39 is 5.67 Å². The number of halogens is 1. The Morgan fingerprint density at radius 3 is 3.04 bits per heavy atom. The van der Waals surface area contributed by atoms with E-state index in [-0.39, 0.29) is 6.10 Å². The van der Waals surface area contributed by atoms with Crippen LogP contribution in [0.4, 0.5) is 10.3 Å². The van der Waals surface area contributed by atoms with Gasteiger partial charge in [-0.05, 0) is 19.1 Å². The molecule has 2 atom stereocenters. The molecular weight excluding hydrogens is 321 g/mol. The molecule has 2 saturated heterocycles. The average molecular weight is 347 g/mol. The zero-order valence-electron chi connectivity index (χ0n) is 14.9. The van der Waals surface area contributed by atoms with Crippen molar-refractivity contribution < 1.29 is 9.13 Å². The molecule has 2 N–H and O–H groups in total. The summed E-state index contributed by atoms with van der Waals surface area (Å²) in [5.41, 5.74) is 6.84. The molecule has 6 nitrogen and oxygen atoms in total. The smallest absolute Gasteiger partial charge is 0.226 e. The number of hydrogen-bond acceptors (Lipinski definition) is 6. The molecule has 2 fully saturated rings. The van der Waals surface area contributed by atoms with E-state index in [1.54, 1.807) is 13.1 Å². The van der Waals surface area contributed by atoms with E-state index in [0.717, 1.165) is 24.5 Å². The molecule has 25 heavy (non-hydrogen) atoms. The number of ether oxygens (including phenoxy) is 1. The Balaban J connectivity index is 1.78. The lowest BCUT2D eigenvalue weighted by Crippen LogP contribution is -2.44. The highest BCUT2D eigenvalue weighted by Crippen LogP contribution is 2.36. The lowest BCUT2D eigenvalue weighted by atomic mass is 9.93. The van der Waals surface area contributed by atoms with Gasteiger partial charge in [0.25, 0.3) is 0 Å². The van der Waals surface area contributed by atoms with Crippen molar-refractivity contribution in [2.24, 2.45) is 5.73 Å². The van der Waals surface area contributed by atoms with Crippen LogP contribution in [0.25, 0.3) is 0 Å². The first-order valence-corrected chi connectivity index (χ1v) is 8.58. The molecule has 0 amide bonds. The van der Waals surface area contributed by atoms with Gasteiger partial charge in [-0.25, -0.2) is 14.4 Å². The molecule has 136 valence electrons. The van der Waals surface area contributed by atoms with Crippen LogP contribution in [0.2, 0.25) is 0 Å². The standard InChI is InChI=1S/C18H26FN5O/c1-13(20)10-14-12-24(8-7-23(14)3)17-21-6-4-15(22-17)16-11-18(2,19)5-9-25-16/h4,6,10,16H,1,5,7-9,11-12,20H2,2-3H3/b14-10-. The summed E-state index contributed by atoms with van der Waals surface area (Å²) >= 11 is 0. The number of nitrogens with zero attached hydrogens (tertiary/aromatic N) is 4. The Bertz CT molecular complexity index is 675. The first-order valence-electron chi connectivity index (χ1n) is 8.58. The maximum Gasteiger partial charge on any atom is 0.226 e. The molecule has 1 aromatic heterocycles. The van der Waals surface area contributed by atoms with Gasteiger partial charge in [0.05, 0.1) is 18.8 Å². The summed E-state index contributed by atoms with van der Waals surface area (Å²) in [6.07, 6.45) is 4.02. The summed E-state index contributed by atoms with van der Waals surface area (Å²) in [4.78, 5) is 13.3. The van der Waals surface area contributed by atoms with Gasteiger partial charge in [0.1, 0.15) is 11.8 Å². The van der Waals surface area contributed by atoms with Gasteiger partial charge in [0.15, 0.2) is 0 Å². The number of aromatic nitrogens is 2. The van der Waals surface area contributed by atoms with Crippen LogP contribution in [-0.4, -0.2) is 53.8 Å². The monoisotopic (exact) mass is 347 g/mol. The second-order valence-corrected chi connectivity index (χ2v) is 7.06. The molecule has 3 rings (SSSR count). The molecule has 2 unspecified atom stereocenters. The lowest BCUT2D eigenvalue weighted by Gasteiger charge is -2.36. The van der Waals surface area contributed by atoms with Gasteiger partial charge in [0.2, 0.25) is 5.95 Å². The quantitative estimate of drug-likeness (QED) is 0.904. The number of allylic oxidation sites excluding steroid dienone is 1. The van der Waals surface area contributed by atoms with Gasteiger partial charge in [-0.15, -0.1) is 0 Å². The van der Waals surface area contributed by atoms with Crippen LogP contribution < -0.4 is 10.6 Å². The molecule has 0 aliphatic carbocycles. The van der Waals surface area contributed by atoms with E-state index in [1.807, 2.05) is 19.2 Å². The van der Waals surface area contributed by atoms with E-state index in [0.29, 0.717) is 37.6 Å². The summed E-state index contributed by atoms with van der Waals surface area (Å²) in [5.74, 6) is 0.633. The van der Waals surface area contributed by atoms with Crippen molar-refractivity contribution in [2.75, 3.05) is 38.2 Å². The van der Waals surface area contributed by atoms with Crippen molar-refractivity contribution in [1.29, 1.82) is 0 Å². The first-order chi connectivity index (χ1) is 11.8. The third-order valence-corrected chi connectivity index (χ3v) is 4.73. The second kappa shape index (κ2) is 7.00. The molecule has 0 radical (unpaired) electrons. The Kier molecular flexibility index (Phi) is 4.94. The summed E-state index contributed by atoms with van der Waals surface area (Å²) in [6.45, 7) is 8.09. The fourth-order valence-corrected chi connectivity index (χ4v) is 3.20. The summed E-state index contributed by atoms with van der Waals surface area (Å²) < 4.78 is 20.0. The number of hydrogen-bond donors (Lipinski definition) is 1. The van der Waals surface area contributed by atoms with Crippen molar-refractivity contribution >= 4 is 5.95 Å². The number of piperazine rings is 1. The van der Waals surface area contributed by atoms with Gasteiger partial charge in [-0.2, -0.15) is 0 Å². The van der Waals surface area contributed by atoms with E-state index in [1.165, 1.54) is 0 Å². The molecule has 1 aromatic rings. The summed E-state index contributed by atoms with van der Waals surface area (Å²) in [7, 11) is 2.03. The minimum absolute atomic E-state index is 0.322. The zero-order valence-corrected chi connectivity index (χ0v) is 14.9. The Labute approximate surface area is 148 Å². The molecule has 2 aliphatic rings. The van der Waals surface area contributed by atoms with Crippen molar-refractivity contribution in [3.8, 4) is 0 Å². The lowest BCUT2D eigenvalue weighted by molar-refractivity contribution is -0.0590. The molecule has 0 aromatic carbocycles. The van der Waals surface area contributed by atoms with Crippen molar-refractivity contribution in [2.45, 2.75) is 31.5 Å². The van der Waals surface area contributed by atoms with Crippen LogP contribution in [0, 0.1) is 0 Å². The van der Waals surface area contributed by atoms with Gasteiger partial charge in [0, 0.05) is 50.6 Å². The van der Waals surface area contributed by atoms with Crippen LogP contribution in [0.3, 0.4) is 0 Å². The molecular formula is C18H26FN5O. The van der Waals surface area contributed by atoms with E-state index in [2.05, 4.69) is 26.3 Å². The van der Waals surface area contributed by atoms with Gasteiger partial charge < -0.3 is 20.3 Å². The van der Waals surface area contributed by atoms with Crippen LogP contribution in [-0.2, 0) is 4.74 Å². The Hall–Kier alpha value is -2.15. The number of nitrogens with two attached hydrogens (primary N) is 1. The molecule has 2 aliphatic heterocycles. The number of rotatable bonds is 3. The highest BCUT2D eigenvalue weighted by atomic mass is 19.1. The topological polar surface area (TPSA) is 67.5 Å². The van der Waals surface area contributed by atoms with Gasteiger partial charge in [-0.1, -0.05) is 6.58 Å². The SMILES string of the molecule is C=C(N)/C=C1/CN(c2nccc(C3CC(C)(F)CCO3)n2)CCN1C. The van der Waals surface area contributed by atoms with Gasteiger partial charge in [-0.3, -0.25) is 0 Å². The predicted octanol–water partition coefficient (Wildman–Crippen LogP) is 2.16. The van der Waals surface area contributed by atoms with Crippen LogP contribution in [0.15, 0.2) is 36.3 Å². The number of likely N-dealkylation sites (N-methyl/N-ethyl adjacent to an activating group) is 1. The summed E-state index contributed by atoms with van der Waals surface area (Å²) in [6, 6.07) is 1.81. The second-order valence-electron chi connectivity index (χ2n) is 7.06. The molecule has 0 saturated carbocycles. The number of anilines is 1. The third kappa shape index (κ3) is 4.28. The van der Waals surface area contributed by atoms with E-state index in [9.17, 15) is 4.39 Å². The maximum absolute atomic E-state index is 14.3. The van der Waals surface area contributed by atoms with Crippen LogP contribution in [0.5, 0.6) is 0 Å².